The topological polar surface area (TPSA) is 87.7 Å². The molecule has 20 heavy (non-hydrogen) atoms. The maximum Gasteiger partial charge on any atom is 0.407 e. The van der Waals surface area contributed by atoms with E-state index in [0.717, 1.165) is 19.3 Å². The molecule has 0 saturated heterocycles. The summed E-state index contributed by atoms with van der Waals surface area (Å²) in [6.07, 6.45) is 1.30. The Hall–Kier alpha value is -1.30. The molecule has 1 fully saturated rings. The lowest BCUT2D eigenvalue weighted by atomic mass is 10.1. The van der Waals surface area contributed by atoms with Crippen molar-refractivity contribution < 1.29 is 19.4 Å². The monoisotopic (exact) mass is 286 g/mol. The number of ether oxygens (including phenoxy) is 1. The van der Waals surface area contributed by atoms with Gasteiger partial charge in [-0.15, -0.1) is 0 Å². The van der Waals surface area contributed by atoms with Crippen molar-refractivity contribution in [2.45, 2.75) is 77.2 Å². The van der Waals surface area contributed by atoms with Crippen molar-refractivity contribution in [3.8, 4) is 0 Å². The quantitative estimate of drug-likeness (QED) is 0.687. The Morgan fingerprint density at radius 3 is 2.40 bits per heavy atom. The number of carbonyl (C=O) groups is 2. The minimum absolute atomic E-state index is 0.181. The summed E-state index contributed by atoms with van der Waals surface area (Å²) in [6.45, 7) is 7.21. The van der Waals surface area contributed by atoms with Crippen molar-refractivity contribution in [2.75, 3.05) is 0 Å². The predicted molar refractivity (Wildman–Crippen MR) is 75.2 cm³/mol. The number of aliphatic hydroxyl groups excluding tert-OH is 1. The molecule has 6 nitrogen and oxygen atoms in total. The van der Waals surface area contributed by atoms with Crippen LogP contribution in [0.4, 0.5) is 4.79 Å². The van der Waals surface area contributed by atoms with Crippen LogP contribution in [-0.4, -0.2) is 40.9 Å². The first kappa shape index (κ1) is 16.8. The lowest BCUT2D eigenvalue weighted by molar-refractivity contribution is -0.131. The van der Waals surface area contributed by atoms with Crippen LogP contribution in [0.5, 0.6) is 0 Å². The van der Waals surface area contributed by atoms with E-state index in [1.165, 1.54) is 0 Å². The maximum absolute atomic E-state index is 11.8. The molecular weight excluding hydrogens is 260 g/mol. The molecule has 3 N–H and O–H groups in total. The summed E-state index contributed by atoms with van der Waals surface area (Å²) in [4.78, 5) is 23.6. The van der Waals surface area contributed by atoms with Gasteiger partial charge in [-0.05, 0) is 40.0 Å². The van der Waals surface area contributed by atoms with Crippen LogP contribution in [0.2, 0.25) is 0 Å². The molecule has 1 rings (SSSR count). The first-order valence-electron chi connectivity index (χ1n) is 7.21. The van der Waals surface area contributed by atoms with Gasteiger partial charge in [0.25, 0.3) is 5.91 Å². The van der Waals surface area contributed by atoms with Gasteiger partial charge in [-0.2, -0.15) is 0 Å². The van der Waals surface area contributed by atoms with Gasteiger partial charge in [0.2, 0.25) is 0 Å². The standard InChI is InChI=1S/C14H26N2O4/c1-5-6-10(16-13(19)20-14(2,3)4)11(17)12(18)15-9-7-8-9/h9-11,17H,5-8H2,1-4H3,(H,15,18)(H,16,19)/t10-,11?/m0/s1. The van der Waals surface area contributed by atoms with E-state index in [0.29, 0.717) is 6.42 Å². The Balaban J connectivity index is 2.52. The highest BCUT2D eigenvalue weighted by atomic mass is 16.6. The predicted octanol–water partition coefficient (Wildman–Crippen LogP) is 1.32. The van der Waals surface area contributed by atoms with Gasteiger partial charge >= 0.3 is 6.09 Å². The van der Waals surface area contributed by atoms with Crippen LogP contribution in [0.3, 0.4) is 0 Å². The van der Waals surface area contributed by atoms with Gasteiger partial charge in [0.15, 0.2) is 6.10 Å². The number of rotatable bonds is 6. The third-order valence-electron chi connectivity index (χ3n) is 2.88. The second kappa shape index (κ2) is 6.92. The molecule has 116 valence electrons. The molecule has 0 aromatic carbocycles. The van der Waals surface area contributed by atoms with Crippen LogP contribution in [0.25, 0.3) is 0 Å². The van der Waals surface area contributed by atoms with Crippen molar-refractivity contribution in [3.63, 3.8) is 0 Å². The van der Waals surface area contributed by atoms with E-state index in [1.54, 1.807) is 20.8 Å². The number of alkyl carbamates (subject to hydrolysis) is 1. The number of nitrogens with one attached hydrogen (secondary N) is 2. The van der Waals surface area contributed by atoms with E-state index >= 15 is 0 Å². The van der Waals surface area contributed by atoms with Crippen LogP contribution in [-0.2, 0) is 9.53 Å². The van der Waals surface area contributed by atoms with E-state index in [-0.39, 0.29) is 6.04 Å². The number of amides is 2. The molecule has 6 heteroatoms. The van der Waals surface area contributed by atoms with Crippen LogP contribution in [0.15, 0.2) is 0 Å². The van der Waals surface area contributed by atoms with Crippen molar-refractivity contribution in [2.24, 2.45) is 0 Å². The molecule has 0 aromatic rings. The summed E-state index contributed by atoms with van der Waals surface area (Å²) < 4.78 is 5.15. The molecule has 1 unspecified atom stereocenters. The second-order valence-corrected chi connectivity index (χ2v) is 6.27. The molecule has 0 bridgehead atoms. The third kappa shape index (κ3) is 6.23. The molecular formula is C14H26N2O4. The van der Waals surface area contributed by atoms with E-state index in [1.807, 2.05) is 6.92 Å². The Bertz CT molecular complexity index is 348. The fraction of sp³-hybridized carbons (Fsp3) is 0.857. The summed E-state index contributed by atoms with van der Waals surface area (Å²) in [6, 6.07) is -0.449. The number of hydrogen-bond donors (Lipinski definition) is 3. The molecule has 1 aliphatic rings. The molecule has 0 radical (unpaired) electrons. The largest absolute Gasteiger partial charge is 0.444 e. The van der Waals surface area contributed by atoms with Gasteiger partial charge in [-0.1, -0.05) is 13.3 Å². The molecule has 0 aliphatic heterocycles. The van der Waals surface area contributed by atoms with Crippen molar-refractivity contribution in [1.82, 2.24) is 10.6 Å². The van der Waals surface area contributed by atoms with Crippen LogP contribution in [0, 0.1) is 0 Å². The Morgan fingerprint density at radius 1 is 1.35 bits per heavy atom. The number of carbonyl (C=O) groups excluding carboxylic acids is 2. The molecule has 0 heterocycles. The van der Waals surface area contributed by atoms with Gasteiger partial charge in [0, 0.05) is 6.04 Å². The van der Waals surface area contributed by atoms with Crippen molar-refractivity contribution >= 4 is 12.0 Å². The fourth-order valence-corrected chi connectivity index (χ4v) is 1.78. The van der Waals surface area contributed by atoms with E-state index in [2.05, 4.69) is 10.6 Å². The summed E-state index contributed by atoms with van der Waals surface area (Å²) in [5.41, 5.74) is -0.609. The van der Waals surface area contributed by atoms with Crippen molar-refractivity contribution in [1.29, 1.82) is 0 Å². The normalized spacial score (nSPS) is 18.1. The first-order chi connectivity index (χ1) is 9.23. The highest BCUT2D eigenvalue weighted by Gasteiger charge is 2.32. The van der Waals surface area contributed by atoms with Crippen molar-refractivity contribution in [3.05, 3.63) is 0 Å². The Labute approximate surface area is 120 Å². The summed E-state index contributed by atoms with van der Waals surface area (Å²) in [7, 11) is 0. The molecule has 1 saturated carbocycles. The van der Waals surface area contributed by atoms with Gasteiger partial charge in [0.05, 0.1) is 6.04 Å². The highest BCUT2D eigenvalue weighted by molar-refractivity contribution is 5.82. The summed E-state index contributed by atoms with van der Waals surface area (Å²) in [5.74, 6) is -0.429. The zero-order valence-electron chi connectivity index (χ0n) is 12.7. The lowest BCUT2D eigenvalue weighted by Crippen LogP contribution is -2.51. The number of hydrogen-bond acceptors (Lipinski definition) is 4. The third-order valence-corrected chi connectivity index (χ3v) is 2.88. The SMILES string of the molecule is CCC[C@H](NC(=O)OC(C)(C)C)C(O)C(=O)NC1CC1. The zero-order chi connectivity index (χ0) is 15.3. The van der Waals surface area contributed by atoms with Crippen LogP contribution < -0.4 is 10.6 Å². The highest BCUT2D eigenvalue weighted by Crippen LogP contribution is 2.19. The lowest BCUT2D eigenvalue weighted by Gasteiger charge is -2.26. The summed E-state index contributed by atoms with van der Waals surface area (Å²) >= 11 is 0. The molecule has 0 aromatic heterocycles. The van der Waals surface area contributed by atoms with E-state index < -0.39 is 29.7 Å². The van der Waals surface area contributed by atoms with E-state index in [4.69, 9.17) is 4.74 Å². The average molecular weight is 286 g/mol. The Kier molecular flexibility index (Phi) is 5.80. The van der Waals surface area contributed by atoms with Gasteiger partial charge in [-0.25, -0.2) is 4.79 Å². The van der Waals surface area contributed by atoms with Gasteiger partial charge < -0.3 is 20.5 Å². The molecule has 1 aliphatic carbocycles. The van der Waals surface area contributed by atoms with E-state index in [9.17, 15) is 14.7 Å². The molecule has 2 amide bonds. The average Bonchev–Trinajstić information content (AvgIpc) is 3.08. The molecule has 2 atom stereocenters. The second-order valence-electron chi connectivity index (χ2n) is 6.27. The van der Waals surface area contributed by atoms with Crippen LogP contribution in [0.1, 0.15) is 53.4 Å². The minimum Gasteiger partial charge on any atom is -0.444 e. The zero-order valence-corrected chi connectivity index (χ0v) is 12.7. The minimum atomic E-state index is -1.25. The molecule has 0 spiro atoms. The maximum atomic E-state index is 11.8. The fourth-order valence-electron chi connectivity index (χ4n) is 1.78. The first-order valence-corrected chi connectivity index (χ1v) is 7.21. The number of aliphatic hydroxyl groups is 1. The Morgan fingerprint density at radius 2 is 1.95 bits per heavy atom. The van der Waals surface area contributed by atoms with Gasteiger partial charge in [0.1, 0.15) is 5.60 Å². The smallest absolute Gasteiger partial charge is 0.407 e. The van der Waals surface area contributed by atoms with Gasteiger partial charge in [-0.3, -0.25) is 4.79 Å². The summed E-state index contributed by atoms with van der Waals surface area (Å²) in [5, 5.41) is 15.4. The van der Waals surface area contributed by atoms with Crippen LogP contribution >= 0.6 is 0 Å².